The third-order valence-electron chi connectivity index (χ3n) is 6.61. The van der Waals surface area contributed by atoms with E-state index in [4.69, 9.17) is 9.47 Å². The number of carbonyl (C=O) groups excluding carboxylic acids is 3. The number of para-hydroxylation sites is 3. The number of benzene rings is 3. The molecule has 0 spiro atoms. The van der Waals surface area contributed by atoms with Crippen molar-refractivity contribution in [3.8, 4) is 11.5 Å². The van der Waals surface area contributed by atoms with Crippen molar-refractivity contribution in [2.24, 2.45) is 0 Å². The van der Waals surface area contributed by atoms with Crippen molar-refractivity contribution < 1.29 is 23.9 Å². The van der Waals surface area contributed by atoms with E-state index in [2.05, 4.69) is 5.32 Å². The van der Waals surface area contributed by atoms with Gasteiger partial charge in [-0.15, -0.1) is 0 Å². The molecule has 1 N–H and O–H groups in total. The lowest BCUT2D eigenvalue weighted by atomic mass is 10.1. The molecule has 1 aliphatic heterocycles. The third-order valence-corrected chi connectivity index (χ3v) is 7.52. The van der Waals surface area contributed by atoms with Gasteiger partial charge < -0.3 is 19.4 Å². The zero-order valence-electron chi connectivity index (χ0n) is 22.2. The fraction of sp³-hybridized carbons (Fsp3) is 0.194. The molecule has 3 aromatic carbocycles. The Balaban J connectivity index is 1.29. The molecule has 1 aromatic heterocycles. The number of methoxy groups -OCH3 is 1. The van der Waals surface area contributed by atoms with Crippen molar-refractivity contribution in [1.82, 2.24) is 14.8 Å². The molecule has 1 unspecified atom stereocenters. The Morgan fingerprint density at radius 2 is 1.68 bits per heavy atom. The molecule has 40 heavy (non-hydrogen) atoms. The number of amides is 3. The number of carbonyl (C=O) groups is 3. The Morgan fingerprint density at radius 1 is 0.975 bits per heavy atom. The summed E-state index contributed by atoms with van der Waals surface area (Å²) in [5, 5.41) is 3.58. The van der Waals surface area contributed by atoms with Gasteiger partial charge in [-0.25, -0.2) is 0 Å². The normalized spacial score (nSPS) is 15.1. The van der Waals surface area contributed by atoms with Gasteiger partial charge in [0, 0.05) is 22.7 Å². The Labute approximate surface area is 236 Å². The van der Waals surface area contributed by atoms with Crippen LogP contribution in [0.1, 0.15) is 24.1 Å². The average molecular weight is 556 g/mol. The van der Waals surface area contributed by atoms with Crippen LogP contribution in [-0.4, -0.2) is 46.8 Å². The lowest BCUT2D eigenvalue weighted by Crippen LogP contribution is -2.32. The van der Waals surface area contributed by atoms with E-state index in [1.807, 2.05) is 84.4 Å². The van der Waals surface area contributed by atoms with E-state index < -0.39 is 0 Å². The summed E-state index contributed by atoms with van der Waals surface area (Å²) in [7, 11) is 1.55. The first-order chi connectivity index (χ1) is 19.4. The molecule has 0 radical (unpaired) electrons. The first-order valence-electron chi connectivity index (χ1n) is 12.9. The van der Waals surface area contributed by atoms with Crippen molar-refractivity contribution in [1.29, 1.82) is 0 Å². The van der Waals surface area contributed by atoms with Gasteiger partial charge in [-0.05, 0) is 48.5 Å². The maximum absolute atomic E-state index is 13.1. The summed E-state index contributed by atoms with van der Waals surface area (Å²) in [6.07, 6.45) is 3.56. The number of hydrogen-bond donors (Lipinski definition) is 1. The van der Waals surface area contributed by atoms with Crippen molar-refractivity contribution in [2.45, 2.75) is 19.5 Å². The molecule has 8 nitrogen and oxygen atoms in total. The Kier molecular flexibility index (Phi) is 8.21. The second-order valence-electron chi connectivity index (χ2n) is 9.26. The van der Waals surface area contributed by atoms with E-state index in [-0.39, 0.29) is 42.8 Å². The number of hydrogen-bond acceptors (Lipinski definition) is 6. The van der Waals surface area contributed by atoms with Gasteiger partial charge >= 0.3 is 0 Å². The fourth-order valence-electron chi connectivity index (χ4n) is 4.61. The molecule has 9 heteroatoms. The zero-order valence-corrected chi connectivity index (χ0v) is 23.0. The second-order valence-corrected chi connectivity index (χ2v) is 10.3. The van der Waals surface area contributed by atoms with Crippen LogP contribution in [0.25, 0.3) is 17.0 Å². The molecule has 1 atom stereocenters. The van der Waals surface area contributed by atoms with E-state index in [0.29, 0.717) is 16.4 Å². The molecule has 0 saturated carbocycles. The minimum Gasteiger partial charge on any atom is -0.493 e. The maximum Gasteiger partial charge on any atom is 0.293 e. The van der Waals surface area contributed by atoms with Gasteiger partial charge in [-0.1, -0.05) is 60.7 Å². The van der Waals surface area contributed by atoms with Gasteiger partial charge in [0.1, 0.15) is 13.2 Å². The van der Waals surface area contributed by atoms with Crippen molar-refractivity contribution in [3.05, 3.63) is 101 Å². The first kappa shape index (κ1) is 27.1. The summed E-state index contributed by atoms with van der Waals surface area (Å²) in [6.45, 7) is 2.32. The summed E-state index contributed by atoms with van der Waals surface area (Å²) >= 11 is 0.898. The van der Waals surface area contributed by atoms with Crippen molar-refractivity contribution >= 4 is 45.8 Å². The number of imide groups is 1. The number of ether oxygens (including phenoxy) is 2. The van der Waals surface area contributed by atoms with Gasteiger partial charge in [0.05, 0.1) is 24.6 Å². The Bertz CT molecular complexity index is 1580. The molecule has 2 heterocycles. The predicted molar refractivity (Wildman–Crippen MR) is 156 cm³/mol. The van der Waals surface area contributed by atoms with Gasteiger partial charge in [0.2, 0.25) is 5.91 Å². The van der Waals surface area contributed by atoms with Crippen molar-refractivity contribution in [2.75, 3.05) is 20.3 Å². The number of nitrogens with zero attached hydrogens (tertiary/aromatic N) is 2. The van der Waals surface area contributed by atoms with Crippen molar-refractivity contribution in [3.63, 3.8) is 0 Å². The van der Waals surface area contributed by atoms with E-state index in [9.17, 15) is 14.4 Å². The Hall–Kier alpha value is -4.50. The van der Waals surface area contributed by atoms with Gasteiger partial charge in [0.25, 0.3) is 11.1 Å². The highest BCUT2D eigenvalue weighted by Gasteiger charge is 2.35. The molecule has 4 aromatic rings. The fourth-order valence-corrected chi connectivity index (χ4v) is 5.46. The summed E-state index contributed by atoms with van der Waals surface area (Å²) < 4.78 is 12.9. The van der Waals surface area contributed by atoms with Crippen LogP contribution in [-0.2, 0) is 16.1 Å². The van der Waals surface area contributed by atoms with Gasteiger partial charge in [-0.3, -0.25) is 19.3 Å². The highest BCUT2D eigenvalue weighted by Crippen LogP contribution is 2.34. The second kappa shape index (κ2) is 12.1. The summed E-state index contributed by atoms with van der Waals surface area (Å²) in [5.41, 5.74) is 2.65. The van der Waals surface area contributed by atoms with Crippen LogP contribution < -0.4 is 14.8 Å². The summed E-state index contributed by atoms with van der Waals surface area (Å²) in [6, 6.07) is 24.5. The van der Waals surface area contributed by atoms with E-state index in [1.54, 1.807) is 25.3 Å². The molecule has 0 aliphatic carbocycles. The number of aromatic nitrogens is 1. The maximum atomic E-state index is 13.1. The smallest absolute Gasteiger partial charge is 0.293 e. The van der Waals surface area contributed by atoms with Crippen LogP contribution in [0.2, 0.25) is 0 Å². The predicted octanol–water partition coefficient (Wildman–Crippen LogP) is 5.64. The van der Waals surface area contributed by atoms with Crippen LogP contribution in [0.5, 0.6) is 11.5 Å². The first-order valence-corrected chi connectivity index (χ1v) is 13.7. The van der Waals surface area contributed by atoms with Gasteiger partial charge in [-0.2, -0.15) is 0 Å². The van der Waals surface area contributed by atoms with Gasteiger partial charge in [0.15, 0.2) is 11.5 Å². The molecular formula is C31H29N3O5S. The molecule has 204 valence electrons. The third kappa shape index (κ3) is 5.89. The standard InChI is InChI=1S/C31H29N3O5S/c1-21(22-10-4-3-5-11-22)32-29(35)20-33-19-23(24-12-6-7-13-25(24)33)18-28-30(36)34(31(37)40-28)16-17-39-27-15-9-8-14-26(27)38-2/h3-15,18-19,21H,16-17,20H2,1-2H3,(H,32,35)/b28-18-. The average Bonchev–Trinajstić information content (AvgIpc) is 3.44. The van der Waals surface area contributed by atoms with Crippen LogP contribution in [0, 0.1) is 0 Å². The van der Waals surface area contributed by atoms with E-state index >= 15 is 0 Å². The van der Waals surface area contributed by atoms with Crippen LogP contribution in [0.15, 0.2) is 90.0 Å². The zero-order chi connectivity index (χ0) is 28.1. The van der Waals surface area contributed by atoms with E-state index in [0.717, 1.165) is 33.8 Å². The number of nitrogens with one attached hydrogen (secondary N) is 1. The van der Waals surface area contributed by atoms with Crippen LogP contribution in [0.4, 0.5) is 4.79 Å². The van der Waals surface area contributed by atoms with Crippen LogP contribution in [0.3, 0.4) is 0 Å². The summed E-state index contributed by atoms with van der Waals surface area (Å²) in [5.74, 6) is 0.627. The SMILES string of the molecule is COc1ccccc1OCCN1C(=O)S/C(=C\c2cn(CC(=O)NC(C)c3ccccc3)c3ccccc23)C1=O. The number of fused-ring (bicyclic) bond motifs is 1. The molecule has 1 fully saturated rings. The summed E-state index contributed by atoms with van der Waals surface area (Å²) in [4.78, 5) is 40.2. The minimum atomic E-state index is -0.370. The molecular weight excluding hydrogens is 526 g/mol. The topological polar surface area (TPSA) is 89.9 Å². The molecule has 1 saturated heterocycles. The minimum absolute atomic E-state index is 0.113. The lowest BCUT2D eigenvalue weighted by Gasteiger charge is -2.15. The lowest BCUT2D eigenvalue weighted by molar-refractivity contribution is -0.123. The molecule has 3 amide bonds. The number of rotatable bonds is 10. The molecule has 5 rings (SSSR count). The van der Waals surface area contributed by atoms with E-state index in [1.165, 1.54) is 4.90 Å². The van der Waals surface area contributed by atoms with Crippen LogP contribution >= 0.6 is 11.8 Å². The Morgan fingerprint density at radius 3 is 2.45 bits per heavy atom. The largest absolute Gasteiger partial charge is 0.493 e. The quantitative estimate of drug-likeness (QED) is 0.255. The number of thioether (sulfide) groups is 1. The highest BCUT2D eigenvalue weighted by molar-refractivity contribution is 8.18. The molecule has 0 bridgehead atoms. The highest BCUT2D eigenvalue weighted by atomic mass is 32.2. The molecule has 1 aliphatic rings. The monoisotopic (exact) mass is 555 g/mol.